The van der Waals surface area contributed by atoms with Gasteiger partial charge in [0.15, 0.2) is 0 Å². The quantitative estimate of drug-likeness (QED) is 0.151. The molecule has 1 aromatic heterocycles. The van der Waals surface area contributed by atoms with Crippen molar-refractivity contribution in [1.82, 2.24) is 4.98 Å². The molecule has 0 radical (unpaired) electrons. The predicted molar refractivity (Wildman–Crippen MR) is 290 cm³/mol. The summed E-state index contributed by atoms with van der Waals surface area (Å²) >= 11 is 0. The van der Waals surface area contributed by atoms with Gasteiger partial charge in [0, 0.05) is 45.8 Å². The number of rotatable bonds is 8. The van der Waals surface area contributed by atoms with Crippen LogP contribution in [0.1, 0.15) is 26.3 Å². The topological polar surface area (TPSA) is 25.9 Å². The molecule has 2 aliphatic rings. The number of nitrogens with zero attached hydrogens (tertiary/aromatic N) is 5. The van der Waals surface area contributed by atoms with Crippen LogP contribution in [0.3, 0.4) is 0 Å². The van der Waals surface area contributed by atoms with E-state index in [1.807, 2.05) is 12.3 Å². The van der Waals surface area contributed by atoms with Crippen LogP contribution in [-0.4, -0.2) is 11.7 Å². The molecule has 0 unspecified atom stereocenters. The van der Waals surface area contributed by atoms with Crippen molar-refractivity contribution in [2.24, 2.45) is 0 Å². The van der Waals surface area contributed by atoms with E-state index in [1.54, 1.807) is 0 Å². The summed E-state index contributed by atoms with van der Waals surface area (Å²) in [5.74, 6) is 0.851. The van der Waals surface area contributed by atoms with Crippen molar-refractivity contribution in [3.63, 3.8) is 0 Å². The van der Waals surface area contributed by atoms with E-state index in [4.69, 9.17) is 4.98 Å². The van der Waals surface area contributed by atoms with Gasteiger partial charge in [0.2, 0.25) is 0 Å². The lowest BCUT2D eigenvalue weighted by Gasteiger charge is -2.31. The molecule has 0 N–H and O–H groups in total. The van der Waals surface area contributed by atoms with Crippen LogP contribution in [0.4, 0.5) is 57.0 Å². The molecule has 9 aromatic carbocycles. The average molecular weight is 890 g/mol. The maximum Gasteiger partial charge on any atom is 0.137 e. The molecule has 69 heavy (non-hydrogen) atoms. The fraction of sp³-hybridized carbons (Fsp3) is 0.0781. The Morgan fingerprint density at radius 2 is 0.971 bits per heavy atom. The molecule has 0 saturated heterocycles. The van der Waals surface area contributed by atoms with Crippen molar-refractivity contribution in [3.05, 3.63) is 248 Å². The van der Waals surface area contributed by atoms with Gasteiger partial charge in [-0.1, -0.05) is 172 Å². The summed E-state index contributed by atoms with van der Waals surface area (Å²) in [7, 11) is 0. The highest BCUT2D eigenvalue weighted by Gasteiger charge is 2.33. The maximum absolute atomic E-state index is 5.03. The van der Waals surface area contributed by atoms with E-state index in [-0.39, 0.29) is 5.41 Å². The van der Waals surface area contributed by atoms with Crippen LogP contribution in [-0.2, 0) is 5.41 Å². The van der Waals surface area contributed by atoms with Gasteiger partial charge in [-0.3, -0.25) is 4.90 Å². The van der Waals surface area contributed by atoms with Crippen molar-refractivity contribution in [2.75, 3.05) is 26.3 Å². The van der Waals surface area contributed by atoms with Crippen molar-refractivity contribution < 1.29 is 0 Å². The highest BCUT2D eigenvalue weighted by Crippen LogP contribution is 2.54. The number of anilines is 10. The molecule has 0 fully saturated rings. The van der Waals surface area contributed by atoms with E-state index in [0.717, 1.165) is 62.2 Å². The molecule has 3 heterocycles. The van der Waals surface area contributed by atoms with E-state index in [1.165, 1.54) is 44.9 Å². The van der Waals surface area contributed by atoms with Crippen LogP contribution < -0.4 is 19.6 Å². The second-order valence-corrected chi connectivity index (χ2v) is 18.9. The van der Waals surface area contributed by atoms with E-state index >= 15 is 0 Å². The zero-order valence-corrected chi connectivity index (χ0v) is 39.0. The second kappa shape index (κ2) is 17.2. The maximum atomic E-state index is 5.03. The first-order valence-corrected chi connectivity index (χ1v) is 23.8. The van der Waals surface area contributed by atoms with Gasteiger partial charge in [-0.05, 0) is 129 Å². The zero-order valence-electron chi connectivity index (χ0n) is 39.0. The molecule has 0 atom stereocenters. The van der Waals surface area contributed by atoms with E-state index in [9.17, 15) is 0 Å². The lowest BCUT2D eigenvalue weighted by atomic mass is 9.85. The highest BCUT2D eigenvalue weighted by atomic mass is 15.4. The average Bonchev–Trinajstić information content (AvgIpc) is 3.74. The smallest absolute Gasteiger partial charge is 0.137 e. The lowest BCUT2D eigenvalue weighted by molar-refractivity contribution is 0.590. The molecule has 0 amide bonds. The minimum atomic E-state index is -0.0369. The van der Waals surface area contributed by atoms with Gasteiger partial charge in [-0.15, -0.1) is 0 Å². The number of hydrogen-bond acceptors (Lipinski definition) is 5. The number of pyridine rings is 1. The number of hydrogen-bond donors (Lipinski definition) is 0. The molecule has 0 aliphatic carbocycles. The van der Waals surface area contributed by atoms with Crippen LogP contribution in [0.15, 0.2) is 243 Å². The zero-order chi connectivity index (χ0) is 46.5. The van der Waals surface area contributed by atoms with Crippen LogP contribution in [0.25, 0.3) is 44.5 Å². The Bertz CT molecular complexity index is 3470. The Morgan fingerprint density at radius 3 is 1.68 bits per heavy atom. The molecule has 5 nitrogen and oxygen atoms in total. The molecule has 0 bridgehead atoms. The molecule has 0 saturated carbocycles. The third kappa shape index (κ3) is 7.59. The highest BCUT2D eigenvalue weighted by molar-refractivity contribution is 6.04. The first kappa shape index (κ1) is 41.7. The Kier molecular flexibility index (Phi) is 10.4. The van der Waals surface area contributed by atoms with Crippen molar-refractivity contribution in [2.45, 2.75) is 26.2 Å². The summed E-state index contributed by atoms with van der Waals surface area (Å²) in [6, 6.07) is 85.8. The van der Waals surface area contributed by atoms with Crippen molar-refractivity contribution in [1.29, 1.82) is 0 Å². The third-order valence-electron chi connectivity index (χ3n) is 13.6. The molecule has 332 valence electrons. The van der Waals surface area contributed by atoms with Crippen molar-refractivity contribution >= 4 is 57.0 Å². The van der Waals surface area contributed by atoms with Gasteiger partial charge in [0.25, 0.3) is 0 Å². The molecule has 0 spiro atoms. The Balaban J connectivity index is 1.07. The molecule has 2 aliphatic heterocycles. The van der Waals surface area contributed by atoms with Gasteiger partial charge in [-0.2, -0.15) is 0 Å². The Hall–Kier alpha value is -8.67. The minimum Gasteiger partial charge on any atom is -0.321 e. The largest absolute Gasteiger partial charge is 0.321 e. The SMILES string of the molecule is CC(C)(C)c1ccccc1N1CN(c2cc(-c3ccccc3)cc(N(c3ccccc3)c3ccc4c(c3)N(c3ccccn3)c3ccccc3-c3cc(-c5ccccc5)ccc3-4)c2)c2ccccc21. The molecular weight excluding hydrogens is 839 g/mol. The van der Waals surface area contributed by atoms with E-state index in [2.05, 4.69) is 271 Å². The number of aromatic nitrogens is 1. The first-order valence-electron chi connectivity index (χ1n) is 23.8. The Morgan fingerprint density at radius 1 is 0.377 bits per heavy atom. The van der Waals surface area contributed by atoms with Gasteiger partial charge in [-0.25, -0.2) is 4.98 Å². The van der Waals surface area contributed by atoms with Crippen LogP contribution >= 0.6 is 0 Å². The third-order valence-corrected chi connectivity index (χ3v) is 13.6. The lowest BCUT2D eigenvalue weighted by Crippen LogP contribution is -2.26. The minimum absolute atomic E-state index is 0.0369. The normalized spacial score (nSPS) is 12.7. The van der Waals surface area contributed by atoms with E-state index in [0.29, 0.717) is 6.67 Å². The van der Waals surface area contributed by atoms with Crippen LogP contribution in [0.2, 0.25) is 0 Å². The van der Waals surface area contributed by atoms with Crippen molar-refractivity contribution in [3.8, 4) is 44.5 Å². The predicted octanol–water partition coefficient (Wildman–Crippen LogP) is 17.5. The summed E-state index contributed by atoms with van der Waals surface area (Å²) in [5, 5.41) is 0. The van der Waals surface area contributed by atoms with Gasteiger partial charge < -0.3 is 14.7 Å². The second-order valence-electron chi connectivity index (χ2n) is 18.9. The molecular formula is C64H51N5. The summed E-state index contributed by atoms with van der Waals surface area (Å²) in [6.45, 7) is 7.57. The fourth-order valence-electron chi connectivity index (χ4n) is 10.3. The first-order chi connectivity index (χ1) is 33.9. The van der Waals surface area contributed by atoms with E-state index < -0.39 is 0 Å². The standard InChI is InChI=1S/C64H51N5/c1-64(2,3)57-28-14-16-30-59(57)67-44-66(60-31-17-18-32-61(60)67)51-39-48(46-23-9-5-10-24-46)40-52(42-51)68(49-25-11-6-12-26-49)50-35-37-55-53-36-34-47(45-21-7-4-8-22-45)41-56(53)54-27-13-15-29-58(54)69(62(55)43-50)63-33-19-20-38-65-63/h4-43H,44H2,1-3H3. The molecule has 12 rings (SSSR count). The number of para-hydroxylation sites is 5. The van der Waals surface area contributed by atoms with Crippen LogP contribution in [0, 0.1) is 0 Å². The monoisotopic (exact) mass is 889 g/mol. The van der Waals surface area contributed by atoms with Gasteiger partial charge in [0.1, 0.15) is 12.5 Å². The van der Waals surface area contributed by atoms with Gasteiger partial charge in [0.05, 0.1) is 22.7 Å². The van der Waals surface area contributed by atoms with Gasteiger partial charge >= 0.3 is 0 Å². The summed E-state index contributed by atoms with van der Waals surface area (Å²) in [4.78, 5) is 14.7. The summed E-state index contributed by atoms with van der Waals surface area (Å²) < 4.78 is 0. The number of fused-ring (bicyclic) bond motifs is 6. The molecule has 5 heteroatoms. The van der Waals surface area contributed by atoms with Crippen LogP contribution in [0.5, 0.6) is 0 Å². The fourth-order valence-corrected chi connectivity index (χ4v) is 10.3. The number of benzene rings is 9. The summed E-state index contributed by atoms with van der Waals surface area (Å²) in [6.07, 6.45) is 1.89. The molecule has 10 aromatic rings. The Labute approximate surface area is 405 Å². The summed E-state index contributed by atoms with van der Waals surface area (Å²) in [5.41, 5.74) is 20.5.